The summed E-state index contributed by atoms with van der Waals surface area (Å²) in [6.45, 7) is 6.67. The molecule has 1 aliphatic heterocycles. The molecular formula is C20H29N5O2S. The van der Waals surface area contributed by atoms with Gasteiger partial charge in [0.2, 0.25) is 5.91 Å². The molecule has 1 aliphatic rings. The Balaban J connectivity index is 1.49. The van der Waals surface area contributed by atoms with E-state index in [4.69, 9.17) is 17.0 Å². The van der Waals surface area contributed by atoms with Gasteiger partial charge in [-0.2, -0.15) is 5.10 Å². The van der Waals surface area contributed by atoms with Crippen molar-refractivity contribution in [2.24, 2.45) is 5.92 Å². The third-order valence-corrected chi connectivity index (χ3v) is 5.61. The molecule has 1 fully saturated rings. The van der Waals surface area contributed by atoms with Crippen LogP contribution in [0.5, 0.6) is 5.75 Å². The number of aromatic nitrogens is 3. The average Bonchev–Trinajstić information content (AvgIpc) is 3.08. The molecule has 28 heavy (non-hydrogen) atoms. The Morgan fingerprint density at radius 2 is 2.00 bits per heavy atom. The predicted octanol–water partition coefficient (Wildman–Crippen LogP) is 2.85. The van der Waals surface area contributed by atoms with Crippen LogP contribution in [0.2, 0.25) is 0 Å². The van der Waals surface area contributed by atoms with Crippen LogP contribution in [0.15, 0.2) is 24.3 Å². The van der Waals surface area contributed by atoms with E-state index in [1.807, 2.05) is 28.8 Å². The van der Waals surface area contributed by atoms with Gasteiger partial charge in [-0.3, -0.25) is 14.5 Å². The van der Waals surface area contributed by atoms with E-state index in [0.29, 0.717) is 24.3 Å². The van der Waals surface area contributed by atoms with Crippen LogP contribution in [-0.4, -0.2) is 58.9 Å². The van der Waals surface area contributed by atoms with Crippen molar-refractivity contribution in [3.8, 4) is 17.1 Å². The van der Waals surface area contributed by atoms with Gasteiger partial charge in [0.25, 0.3) is 0 Å². The lowest BCUT2D eigenvalue weighted by atomic mass is 9.99. The summed E-state index contributed by atoms with van der Waals surface area (Å²) in [5.74, 6) is 2.37. The number of hydrogen-bond acceptors (Lipinski definition) is 5. The van der Waals surface area contributed by atoms with Gasteiger partial charge >= 0.3 is 0 Å². The lowest BCUT2D eigenvalue weighted by molar-refractivity contribution is -0.121. The Kier molecular flexibility index (Phi) is 7.22. The maximum absolute atomic E-state index is 12.3. The molecule has 0 bridgehead atoms. The maximum atomic E-state index is 12.3. The number of piperidine rings is 1. The van der Waals surface area contributed by atoms with E-state index < -0.39 is 0 Å². The Morgan fingerprint density at radius 3 is 2.68 bits per heavy atom. The average molecular weight is 404 g/mol. The van der Waals surface area contributed by atoms with Gasteiger partial charge in [0, 0.05) is 31.6 Å². The number of hydrogen-bond donors (Lipinski definition) is 2. The van der Waals surface area contributed by atoms with Gasteiger partial charge in [-0.1, -0.05) is 6.92 Å². The minimum absolute atomic E-state index is 0.0363. The Hall–Kier alpha value is -2.19. The van der Waals surface area contributed by atoms with Gasteiger partial charge in [0.15, 0.2) is 10.6 Å². The highest BCUT2D eigenvalue weighted by Crippen LogP contribution is 2.21. The lowest BCUT2D eigenvalue weighted by Gasteiger charge is -2.30. The molecule has 1 saturated heterocycles. The second-order valence-electron chi connectivity index (χ2n) is 7.36. The molecule has 0 atom stereocenters. The molecule has 0 radical (unpaired) electrons. The third kappa shape index (κ3) is 5.42. The molecule has 2 heterocycles. The van der Waals surface area contributed by atoms with Gasteiger partial charge in [-0.25, -0.2) is 0 Å². The number of aromatic amines is 1. The zero-order chi connectivity index (χ0) is 19.9. The second-order valence-corrected chi connectivity index (χ2v) is 7.74. The number of nitrogens with one attached hydrogen (secondary N) is 2. The lowest BCUT2D eigenvalue weighted by Crippen LogP contribution is -2.39. The first-order chi connectivity index (χ1) is 13.6. The molecule has 8 heteroatoms. The molecule has 1 amide bonds. The largest absolute Gasteiger partial charge is 0.497 e. The van der Waals surface area contributed by atoms with Gasteiger partial charge in [-0.15, -0.1) is 0 Å². The van der Waals surface area contributed by atoms with Gasteiger partial charge in [0.1, 0.15) is 5.75 Å². The standard InChI is InChI=1S/C20H29N5O2S/c1-15-7-11-24(12-8-15)14-10-21-18(26)9-13-25-19(22-23-20(25)28)16-3-5-17(27-2)6-4-16/h3-6,15H,7-14H2,1-2H3,(H,21,26)(H,23,28). The van der Waals surface area contributed by atoms with E-state index in [1.54, 1.807) is 7.11 Å². The first kappa shape index (κ1) is 20.5. The monoisotopic (exact) mass is 403 g/mol. The summed E-state index contributed by atoms with van der Waals surface area (Å²) in [4.78, 5) is 14.7. The van der Waals surface area contributed by atoms with Crippen LogP contribution < -0.4 is 10.1 Å². The van der Waals surface area contributed by atoms with E-state index in [0.717, 1.165) is 42.7 Å². The molecule has 1 aromatic carbocycles. The minimum Gasteiger partial charge on any atom is -0.497 e. The number of methoxy groups -OCH3 is 1. The van der Waals surface area contributed by atoms with Crippen LogP contribution in [0.3, 0.4) is 0 Å². The summed E-state index contributed by atoms with van der Waals surface area (Å²) in [6.07, 6.45) is 2.87. The molecule has 152 valence electrons. The van der Waals surface area contributed by atoms with Crippen molar-refractivity contribution in [3.63, 3.8) is 0 Å². The number of benzene rings is 1. The normalized spacial score (nSPS) is 15.5. The highest BCUT2D eigenvalue weighted by atomic mass is 32.1. The minimum atomic E-state index is 0.0363. The van der Waals surface area contributed by atoms with E-state index in [2.05, 4.69) is 27.3 Å². The Morgan fingerprint density at radius 1 is 1.29 bits per heavy atom. The summed E-state index contributed by atoms with van der Waals surface area (Å²) in [7, 11) is 1.63. The fraction of sp³-hybridized carbons (Fsp3) is 0.550. The number of carbonyl (C=O) groups is 1. The molecule has 3 rings (SSSR count). The third-order valence-electron chi connectivity index (χ3n) is 5.30. The predicted molar refractivity (Wildman–Crippen MR) is 112 cm³/mol. The topological polar surface area (TPSA) is 75.2 Å². The molecule has 2 aromatic rings. The van der Waals surface area contributed by atoms with Crippen molar-refractivity contribution in [3.05, 3.63) is 29.0 Å². The van der Waals surface area contributed by atoms with E-state index in [-0.39, 0.29) is 5.91 Å². The van der Waals surface area contributed by atoms with Crippen LogP contribution in [0, 0.1) is 10.7 Å². The number of rotatable bonds is 8. The number of nitrogens with zero attached hydrogens (tertiary/aromatic N) is 3. The smallest absolute Gasteiger partial charge is 0.221 e. The van der Waals surface area contributed by atoms with Crippen LogP contribution in [0.25, 0.3) is 11.4 Å². The number of likely N-dealkylation sites (tertiary alicyclic amines) is 1. The summed E-state index contributed by atoms with van der Waals surface area (Å²) in [5.41, 5.74) is 0.924. The van der Waals surface area contributed by atoms with E-state index >= 15 is 0 Å². The molecule has 0 aliphatic carbocycles. The molecule has 7 nitrogen and oxygen atoms in total. The number of amides is 1. The van der Waals surface area contributed by atoms with Crippen molar-refractivity contribution in [2.75, 3.05) is 33.3 Å². The fourth-order valence-corrected chi connectivity index (χ4v) is 3.65. The molecule has 0 unspecified atom stereocenters. The van der Waals surface area contributed by atoms with Gasteiger partial charge in [-0.05, 0) is 68.3 Å². The summed E-state index contributed by atoms with van der Waals surface area (Å²) in [5, 5.41) is 10.2. The molecular weight excluding hydrogens is 374 g/mol. The second kappa shape index (κ2) is 9.84. The van der Waals surface area contributed by atoms with Crippen LogP contribution in [0.1, 0.15) is 26.2 Å². The highest BCUT2D eigenvalue weighted by Gasteiger charge is 2.15. The van der Waals surface area contributed by atoms with Crippen molar-refractivity contribution >= 4 is 18.1 Å². The SMILES string of the molecule is COc1ccc(-c2n[nH]c(=S)n2CCC(=O)NCCN2CCC(C)CC2)cc1. The highest BCUT2D eigenvalue weighted by molar-refractivity contribution is 7.71. The molecule has 1 aromatic heterocycles. The molecule has 0 spiro atoms. The van der Waals surface area contributed by atoms with E-state index in [1.165, 1.54) is 12.8 Å². The van der Waals surface area contributed by atoms with Crippen LogP contribution >= 0.6 is 12.2 Å². The number of ether oxygens (including phenoxy) is 1. The first-order valence-electron chi connectivity index (χ1n) is 9.85. The number of H-pyrrole nitrogens is 1. The van der Waals surface area contributed by atoms with E-state index in [9.17, 15) is 4.79 Å². The summed E-state index contributed by atoms with van der Waals surface area (Å²) < 4.78 is 7.57. The zero-order valence-electron chi connectivity index (χ0n) is 16.6. The quantitative estimate of drug-likeness (QED) is 0.663. The first-order valence-corrected chi connectivity index (χ1v) is 10.3. The van der Waals surface area contributed by atoms with Crippen molar-refractivity contribution in [2.45, 2.75) is 32.7 Å². The fourth-order valence-electron chi connectivity index (χ4n) is 3.43. The zero-order valence-corrected chi connectivity index (χ0v) is 17.4. The molecule has 2 N–H and O–H groups in total. The van der Waals surface area contributed by atoms with Crippen molar-refractivity contribution < 1.29 is 9.53 Å². The summed E-state index contributed by atoms with van der Waals surface area (Å²) in [6, 6.07) is 7.62. The van der Waals surface area contributed by atoms with Gasteiger partial charge in [0.05, 0.1) is 7.11 Å². The van der Waals surface area contributed by atoms with Crippen molar-refractivity contribution in [1.29, 1.82) is 0 Å². The number of carbonyl (C=O) groups excluding carboxylic acids is 1. The Bertz CT molecular complexity index is 822. The maximum Gasteiger partial charge on any atom is 0.221 e. The van der Waals surface area contributed by atoms with Crippen molar-refractivity contribution in [1.82, 2.24) is 25.0 Å². The molecule has 0 saturated carbocycles. The van der Waals surface area contributed by atoms with Crippen LogP contribution in [0.4, 0.5) is 0 Å². The Labute approximate surface area is 171 Å². The summed E-state index contributed by atoms with van der Waals surface area (Å²) >= 11 is 5.34. The van der Waals surface area contributed by atoms with Crippen LogP contribution in [-0.2, 0) is 11.3 Å². The van der Waals surface area contributed by atoms with Gasteiger partial charge < -0.3 is 15.0 Å².